The molecular formula is C11H20O5. The normalized spacial score (nSPS) is 48.0. The lowest BCUT2D eigenvalue weighted by atomic mass is 9.91. The van der Waals surface area contributed by atoms with Gasteiger partial charge in [-0.25, -0.2) is 0 Å². The molecule has 5 atom stereocenters. The quantitative estimate of drug-likeness (QED) is 0.711. The molecule has 0 aromatic rings. The average Bonchev–Trinajstić information content (AvgIpc) is 2.70. The molecule has 0 aromatic heterocycles. The van der Waals surface area contributed by atoms with Crippen LogP contribution in [0.25, 0.3) is 0 Å². The predicted octanol–water partition coefficient (Wildman–Crippen LogP) is 0.567. The molecule has 16 heavy (non-hydrogen) atoms. The van der Waals surface area contributed by atoms with Crippen molar-refractivity contribution >= 4 is 0 Å². The van der Waals surface area contributed by atoms with Crippen LogP contribution in [-0.4, -0.2) is 58.1 Å². The maximum absolute atomic E-state index is 5.89. The number of rotatable bonds is 3. The number of ether oxygens (including phenoxy) is 5. The standard InChI is InChI=1S/C11H20O5/c1-7-9(12-2)10(13-3)11(14-4)8(16-7)5-6-15-11/h7-10H,5-6H2,1-4H3/t7-,8-,9-,10+,11+/m0/s1. The van der Waals surface area contributed by atoms with Gasteiger partial charge in [0.2, 0.25) is 5.79 Å². The lowest BCUT2D eigenvalue weighted by Crippen LogP contribution is -2.65. The summed E-state index contributed by atoms with van der Waals surface area (Å²) in [5.74, 6) is -0.818. The van der Waals surface area contributed by atoms with Crippen LogP contribution < -0.4 is 0 Å². The Bertz CT molecular complexity index is 247. The van der Waals surface area contributed by atoms with E-state index in [1.54, 1.807) is 21.3 Å². The molecule has 0 radical (unpaired) electrons. The smallest absolute Gasteiger partial charge is 0.224 e. The van der Waals surface area contributed by atoms with E-state index < -0.39 is 5.79 Å². The molecule has 0 unspecified atom stereocenters. The van der Waals surface area contributed by atoms with Crippen LogP contribution in [0.15, 0.2) is 0 Å². The van der Waals surface area contributed by atoms with Gasteiger partial charge in [0.05, 0.1) is 12.7 Å². The van der Waals surface area contributed by atoms with Crippen LogP contribution in [0.5, 0.6) is 0 Å². The first-order valence-electron chi connectivity index (χ1n) is 5.59. The van der Waals surface area contributed by atoms with Crippen molar-refractivity contribution in [3.63, 3.8) is 0 Å². The highest BCUT2D eigenvalue weighted by molar-refractivity contribution is 5.02. The summed E-state index contributed by atoms with van der Waals surface area (Å²) in [7, 11) is 4.92. The summed E-state index contributed by atoms with van der Waals surface area (Å²) in [6, 6.07) is 0. The summed E-state index contributed by atoms with van der Waals surface area (Å²) in [6.07, 6.45) is 0.279. The van der Waals surface area contributed by atoms with Crippen molar-refractivity contribution in [1.29, 1.82) is 0 Å². The van der Waals surface area contributed by atoms with Crippen molar-refractivity contribution in [3.05, 3.63) is 0 Å². The molecule has 0 N–H and O–H groups in total. The van der Waals surface area contributed by atoms with Crippen molar-refractivity contribution in [2.24, 2.45) is 0 Å². The molecule has 2 rings (SSSR count). The third-order valence-electron chi connectivity index (χ3n) is 3.54. The van der Waals surface area contributed by atoms with Gasteiger partial charge in [0.1, 0.15) is 18.3 Å². The molecule has 5 heteroatoms. The SMILES string of the molecule is CO[C@H]1[C@H](C)O[C@H]2CCO[C@@]2(OC)[C@@H]1OC. The van der Waals surface area contributed by atoms with Crippen LogP contribution in [0, 0.1) is 0 Å². The fourth-order valence-corrected chi connectivity index (χ4v) is 2.78. The Morgan fingerprint density at radius 1 is 1.19 bits per heavy atom. The van der Waals surface area contributed by atoms with E-state index in [2.05, 4.69) is 0 Å². The molecule has 2 fully saturated rings. The van der Waals surface area contributed by atoms with Gasteiger partial charge in [0, 0.05) is 27.8 Å². The highest BCUT2D eigenvalue weighted by Gasteiger charge is 2.60. The molecule has 2 aliphatic rings. The maximum Gasteiger partial charge on any atom is 0.224 e. The molecule has 0 spiro atoms. The van der Waals surface area contributed by atoms with Crippen LogP contribution in [0.1, 0.15) is 13.3 Å². The van der Waals surface area contributed by atoms with Gasteiger partial charge in [-0.05, 0) is 6.92 Å². The van der Waals surface area contributed by atoms with Crippen LogP contribution in [0.3, 0.4) is 0 Å². The lowest BCUT2D eigenvalue weighted by molar-refractivity contribution is -0.349. The molecule has 5 nitrogen and oxygen atoms in total. The monoisotopic (exact) mass is 232 g/mol. The van der Waals surface area contributed by atoms with Gasteiger partial charge in [-0.2, -0.15) is 0 Å². The fraction of sp³-hybridized carbons (Fsp3) is 1.00. The molecule has 2 saturated heterocycles. The summed E-state index contributed by atoms with van der Waals surface area (Å²) >= 11 is 0. The largest absolute Gasteiger partial charge is 0.376 e. The minimum Gasteiger partial charge on any atom is -0.376 e. The molecule has 0 aliphatic carbocycles. The highest BCUT2D eigenvalue weighted by Crippen LogP contribution is 2.41. The number of methoxy groups -OCH3 is 3. The van der Waals surface area contributed by atoms with Crippen molar-refractivity contribution in [2.75, 3.05) is 27.9 Å². The van der Waals surface area contributed by atoms with E-state index in [-0.39, 0.29) is 24.4 Å². The van der Waals surface area contributed by atoms with Crippen LogP contribution in [0.4, 0.5) is 0 Å². The van der Waals surface area contributed by atoms with Gasteiger partial charge in [-0.15, -0.1) is 0 Å². The van der Waals surface area contributed by atoms with E-state index in [9.17, 15) is 0 Å². The average molecular weight is 232 g/mol. The Morgan fingerprint density at radius 2 is 1.94 bits per heavy atom. The van der Waals surface area contributed by atoms with Gasteiger partial charge < -0.3 is 23.7 Å². The Hall–Kier alpha value is -0.200. The van der Waals surface area contributed by atoms with E-state index in [4.69, 9.17) is 23.7 Å². The Kier molecular flexibility index (Phi) is 3.51. The van der Waals surface area contributed by atoms with Gasteiger partial charge in [0.15, 0.2) is 0 Å². The molecule has 2 heterocycles. The molecule has 0 saturated carbocycles. The zero-order valence-electron chi connectivity index (χ0n) is 10.3. The second kappa shape index (κ2) is 4.58. The zero-order chi connectivity index (χ0) is 11.8. The summed E-state index contributed by atoms with van der Waals surface area (Å²) in [6.45, 7) is 2.61. The van der Waals surface area contributed by atoms with E-state index in [0.29, 0.717) is 6.61 Å². The first-order valence-corrected chi connectivity index (χ1v) is 5.59. The second-order valence-electron chi connectivity index (χ2n) is 4.25. The maximum atomic E-state index is 5.89. The number of hydrogen-bond donors (Lipinski definition) is 0. The van der Waals surface area contributed by atoms with E-state index in [1.807, 2.05) is 6.92 Å². The molecular weight excluding hydrogens is 212 g/mol. The van der Waals surface area contributed by atoms with Crippen LogP contribution >= 0.6 is 0 Å². The summed E-state index contributed by atoms with van der Waals surface area (Å²) in [4.78, 5) is 0. The molecule has 0 bridgehead atoms. The molecule has 0 amide bonds. The topological polar surface area (TPSA) is 46.2 Å². The zero-order valence-corrected chi connectivity index (χ0v) is 10.3. The fourth-order valence-electron chi connectivity index (χ4n) is 2.78. The third kappa shape index (κ3) is 1.58. The Morgan fingerprint density at radius 3 is 2.50 bits per heavy atom. The highest BCUT2D eigenvalue weighted by atomic mass is 16.7. The minimum absolute atomic E-state index is 0.0232. The lowest BCUT2D eigenvalue weighted by Gasteiger charge is -2.48. The van der Waals surface area contributed by atoms with Crippen molar-refractivity contribution in [3.8, 4) is 0 Å². The number of hydrogen-bond acceptors (Lipinski definition) is 5. The number of fused-ring (bicyclic) bond motifs is 1. The van der Waals surface area contributed by atoms with Gasteiger partial charge in [-0.3, -0.25) is 0 Å². The van der Waals surface area contributed by atoms with Crippen molar-refractivity contribution in [1.82, 2.24) is 0 Å². The van der Waals surface area contributed by atoms with Gasteiger partial charge >= 0.3 is 0 Å². The van der Waals surface area contributed by atoms with E-state index in [0.717, 1.165) is 6.42 Å². The summed E-state index contributed by atoms with van der Waals surface area (Å²) in [5, 5.41) is 0. The first kappa shape index (κ1) is 12.3. The Balaban J connectivity index is 2.29. The summed E-state index contributed by atoms with van der Waals surface area (Å²) < 4.78 is 28.1. The predicted molar refractivity (Wildman–Crippen MR) is 56.2 cm³/mol. The van der Waals surface area contributed by atoms with Gasteiger partial charge in [-0.1, -0.05) is 0 Å². The van der Waals surface area contributed by atoms with Crippen LogP contribution in [0.2, 0.25) is 0 Å². The molecule has 0 aromatic carbocycles. The Labute approximate surface area is 95.9 Å². The van der Waals surface area contributed by atoms with Gasteiger partial charge in [0.25, 0.3) is 0 Å². The second-order valence-corrected chi connectivity index (χ2v) is 4.25. The molecule has 2 aliphatic heterocycles. The molecule has 94 valence electrons. The summed E-state index contributed by atoms with van der Waals surface area (Å²) in [5.41, 5.74) is 0. The van der Waals surface area contributed by atoms with Crippen molar-refractivity contribution in [2.45, 2.75) is 43.5 Å². The first-order chi connectivity index (χ1) is 7.69. The van der Waals surface area contributed by atoms with Crippen molar-refractivity contribution < 1.29 is 23.7 Å². The minimum atomic E-state index is -0.818. The van der Waals surface area contributed by atoms with E-state index >= 15 is 0 Å². The van der Waals surface area contributed by atoms with Crippen LogP contribution in [-0.2, 0) is 23.7 Å². The third-order valence-corrected chi connectivity index (χ3v) is 3.54. The van der Waals surface area contributed by atoms with E-state index in [1.165, 1.54) is 0 Å².